The Morgan fingerprint density at radius 1 is 0.966 bits per heavy atom. The van der Waals surface area contributed by atoms with Gasteiger partial charge in [0, 0.05) is 22.9 Å². The summed E-state index contributed by atoms with van der Waals surface area (Å²) in [5.74, 6) is -0.190. The molecule has 0 fully saturated rings. The van der Waals surface area contributed by atoms with Crippen LogP contribution in [0.1, 0.15) is 21.6 Å². The number of Topliss-reactive ketones (excluding diaryl/α,β-unsaturated/α-hetero) is 1. The van der Waals surface area contributed by atoms with Crippen molar-refractivity contribution in [3.8, 4) is 5.75 Å². The third-order valence-corrected chi connectivity index (χ3v) is 4.17. The minimum atomic E-state index is -0.595. The van der Waals surface area contributed by atoms with E-state index in [-0.39, 0.29) is 12.4 Å². The Labute approximate surface area is 173 Å². The summed E-state index contributed by atoms with van der Waals surface area (Å²) < 4.78 is 10.6. The largest absolute Gasteiger partial charge is 0.487 e. The molecule has 0 radical (unpaired) electrons. The van der Waals surface area contributed by atoms with Gasteiger partial charge >= 0.3 is 5.97 Å². The van der Waals surface area contributed by atoms with E-state index in [1.165, 1.54) is 6.08 Å². The zero-order valence-electron chi connectivity index (χ0n) is 15.5. The van der Waals surface area contributed by atoms with Gasteiger partial charge in [0.15, 0.2) is 12.4 Å². The summed E-state index contributed by atoms with van der Waals surface area (Å²) >= 11 is 5.78. The molecular weight excluding hydrogens is 390 g/mol. The van der Waals surface area contributed by atoms with Crippen molar-refractivity contribution in [2.24, 2.45) is 0 Å². The molecule has 2 aromatic carbocycles. The number of ketones is 1. The second-order valence-corrected chi connectivity index (χ2v) is 6.49. The van der Waals surface area contributed by atoms with Gasteiger partial charge in [-0.3, -0.25) is 9.78 Å². The number of esters is 1. The highest BCUT2D eigenvalue weighted by molar-refractivity contribution is 6.30. The Hall–Kier alpha value is -3.44. The van der Waals surface area contributed by atoms with Gasteiger partial charge in [-0.1, -0.05) is 29.8 Å². The van der Waals surface area contributed by atoms with E-state index < -0.39 is 5.97 Å². The van der Waals surface area contributed by atoms with Crippen LogP contribution < -0.4 is 4.74 Å². The molecule has 1 heterocycles. The summed E-state index contributed by atoms with van der Waals surface area (Å²) in [5.41, 5.74) is 2.08. The van der Waals surface area contributed by atoms with Crippen molar-refractivity contribution in [3.63, 3.8) is 0 Å². The highest BCUT2D eigenvalue weighted by Crippen LogP contribution is 2.15. The van der Waals surface area contributed by atoms with Gasteiger partial charge in [0.25, 0.3) is 0 Å². The lowest BCUT2D eigenvalue weighted by Gasteiger charge is -2.05. The number of hydrogen-bond acceptors (Lipinski definition) is 5. The van der Waals surface area contributed by atoms with Crippen LogP contribution in [0.15, 0.2) is 79.0 Å². The van der Waals surface area contributed by atoms with Crippen LogP contribution in [0.5, 0.6) is 5.75 Å². The summed E-state index contributed by atoms with van der Waals surface area (Å²) in [6, 6.07) is 19.3. The van der Waals surface area contributed by atoms with Crippen LogP contribution in [0, 0.1) is 0 Å². The fourth-order valence-corrected chi connectivity index (χ4v) is 2.51. The fraction of sp³-hybridized carbons (Fsp3) is 0.0870. The van der Waals surface area contributed by atoms with Crippen molar-refractivity contribution >= 4 is 29.4 Å². The summed E-state index contributed by atoms with van der Waals surface area (Å²) in [5, 5.41) is 0.537. The maximum absolute atomic E-state index is 12.0. The molecule has 29 heavy (non-hydrogen) atoms. The Morgan fingerprint density at radius 2 is 1.72 bits per heavy atom. The fourth-order valence-electron chi connectivity index (χ4n) is 2.38. The van der Waals surface area contributed by atoms with Gasteiger partial charge in [-0.15, -0.1) is 0 Å². The van der Waals surface area contributed by atoms with Gasteiger partial charge in [-0.25, -0.2) is 4.79 Å². The predicted octanol–water partition coefficient (Wildman–Crippen LogP) is 4.75. The number of halogens is 1. The van der Waals surface area contributed by atoms with Crippen LogP contribution in [0.25, 0.3) is 6.08 Å². The number of pyridine rings is 1. The molecule has 0 amide bonds. The topological polar surface area (TPSA) is 65.5 Å². The van der Waals surface area contributed by atoms with Gasteiger partial charge in [0.05, 0.1) is 5.69 Å². The molecule has 0 bridgehead atoms. The zero-order chi connectivity index (χ0) is 20.5. The first-order valence-corrected chi connectivity index (χ1v) is 9.24. The zero-order valence-corrected chi connectivity index (χ0v) is 16.2. The molecule has 3 aromatic rings. The Bertz CT molecular complexity index is 984. The number of carbonyl (C=O) groups excluding carboxylic acids is 2. The maximum Gasteiger partial charge on any atom is 0.331 e. The lowest BCUT2D eigenvalue weighted by atomic mass is 10.1. The van der Waals surface area contributed by atoms with Crippen molar-refractivity contribution in [1.82, 2.24) is 4.98 Å². The molecule has 0 aliphatic carbocycles. The van der Waals surface area contributed by atoms with Gasteiger partial charge < -0.3 is 9.47 Å². The lowest BCUT2D eigenvalue weighted by Crippen LogP contribution is -2.12. The molecular formula is C23H18ClNO4. The molecule has 1 aromatic heterocycles. The van der Waals surface area contributed by atoms with Gasteiger partial charge in [0.1, 0.15) is 12.4 Å². The molecule has 6 heteroatoms. The van der Waals surface area contributed by atoms with Gasteiger partial charge in [-0.2, -0.15) is 0 Å². The van der Waals surface area contributed by atoms with Crippen LogP contribution >= 0.6 is 11.6 Å². The number of rotatable bonds is 8. The monoisotopic (exact) mass is 407 g/mol. The second kappa shape index (κ2) is 10.2. The number of ether oxygens (including phenoxy) is 2. The van der Waals surface area contributed by atoms with Crippen LogP contribution in [0.2, 0.25) is 5.02 Å². The molecule has 0 saturated carbocycles. The Balaban J connectivity index is 1.45. The lowest BCUT2D eigenvalue weighted by molar-refractivity contribution is -0.136. The van der Waals surface area contributed by atoms with Crippen LogP contribution in [-0.2, 0) is 16.1 Å². The van der Waals surface area contributed by atoms with Crippen molar-refractivity contribution in [2.75, 3.05) is 6.61 Å². The van der Waals surface area contributed by atoms with Crippen LogP contribution in [-0.4, -0.2) is 23.3 Å². The second-order valence-electron chi connectivity index (χ2n) is 6.05. The van der Waals surface area contributed by atoms with Crippen molar-refractivity contribution in [3.05, 3.63) is 101 Å². The quantitative estimate of drug-likeness (QED) is 0.306. The van der Waals surface area contributed by atoms with E-state index in [9.17, 15) is 9.59 Å². The first kappa shape index (κ1) is 20.3. The summed E-state index contributed by atoms with van der Waals surface area (Å²) in [6.07, 6.45) is 4.60. The molecule has 0 aliphatic rings. The predicted molar refractivity (Wildman–Crippen MR) is 111 cm³/mol. The molecule has 0 saturated heterocycles. The molecule has 0 aliphatic heterocycles. The minimum absolute atomic E-state index is 0.294. The highest BCUT2D eigenvalue weighted by Gasteiger charge is 2.08. The molecule has 0 N–H and O–H groups in total. The molecule has 0 unspecified atom stereocenters. The normalized spacial score (nSPS) is 10.7. The van der Waals surface area contributed by atoms with E-state index >= 15 is 0 Å². The molecule has 146 valence electrons. The van der Waals surface area contributed by atoms with Crippen LogP contribution in [0.3, 0.4) is 0 Å². The molecule has 3 rings (SSSR count). The smallest absolute Gasteiger partial charge is 0.331 e. The number of aromatic nitrogens is 1. The number of benzene rings is 2. The number of nitrogens with zero attached hydrogens (tertiary/aromatic N) is 1. The summed E-state index contributed by atoms with van der Waals surface area (Å²) in [6.45, 7) is 0.0507. The van der Waals surface area contributed by atoms with Crippen molar-refractivity contribution in [1.29, 1.82) is 0 Å². The number of hydrogen-bond donors (Lipinski definition) is 0. The molecule has 0 spiro atoms. The van der Waals surface area contributed by atoms with Crippen LogP contribution in [0.4, 0.5) is 0 Å². The standard InChI is InChI=1S/C23H18ClNO4/c24-19-9-7-18(8-10-19)22(26)16-29-23(27)13-6-17-4-11-21(12-5-17)28-15-20-3-1-2-14-25-20/h1-14H,15-16H2. The van der Waals surface area contributed by atoms with Crippen molar-refractivity contribution in [2.45, 2.75) is 6.61 Å². The van der Waals surface area contributed by atoms with E-state index in [0.29, 0.717) is 22.9 Å². The first-order valence-electron chi connectivity index (χ1n) is 8.86. The van der Waals surface area contributed by atoms with E-state index in [1.807, 2.05) is 30.3 Å². The van der Waals surface area contributed by atoms with E-state index in [0.717, 1.165) is 11.3 Å². The minimum Gasteiger partial charge on any atom is -0.487 e. The average molecular weight is 408 g/mol. The Morgan fingerprint density at radius 3 is 2.41 bits per heavy atom. The average Bonchev–Trinajstić information content (AvgIpc) is 2.76. The summed E-state index contributed by atoms with van der Waals surface area (Å²) in [4.78, 5) is 28.0. The SMILES string of the molecule is O=C(C=Cc1ccc(OCc2ccccn2)cc1)OCC(=O)c1ccc(Cl)cc1. The summed E-state index contributed by atoms with van der Waals surface area (Å²) in [7, 11) is 0. The van der Waals surface area contributed by atoms with Gasteiger partial charge in [0.2, 0.25) is 0 Å². The van der Waals surface area contributed by atoms with E-state index in [1.54, 1.807) is 48.7 Å². The third-order valence-electron chi connectivity index (χ3n) is 3.92. The Kier molecular flexibility index (Phi) is 7.14. The highest BCUT2D eigenvalue weighted by atomic mass is 35.5. The molecule has 5 nitrogen and oxygen atoms in total. The van der Waals surface area contributed by atoms with E-state index in [4.69, 9.17) is 21.1 Å². The maximum atomic E-state index is 12.0. The van der Waals surface area contributed by atoms with Crippen molar-refractivity contribution < 1.29 is 19.1 Å². The molecule has 0 atom stereocenters. The van der Waals surface area contributed by atoms with E-state index in [2.05, 4.69) is 4.98 Å². The van der Waals surface area contributed by atoms with Gasteiger partial charge in [-0.05, 0) is 60.2 Å². The third kappa shape index (κ3) is 6.59. The first-order chi connectivity index (χ1) is 14.1. The number of carbonyl (C=O) groups is 2.